The summed E-state index contributed by atoms with van der Waals surface area (Å²) in [5.41, 5.74) is -1.66. The van der Waals surface area contributed by atoms with Crippen LogP contribution >= 0.6 is 0 Å². The minimum Gasteiger partial charge on any atom is -0.478 e. The van der Waals surface area contributed by atoms with Gasteiger partial charge in [0.15, 0.2) is 5.82 Å². The van der Waals surface area contributed by atoms with E-state index in [1.807, 2.05) is 4.90 Å². The fourth-order valence-corrected chi connectivity index (χ4v) is 2.45. The fourth-order valence-electron chi connectivity index (χ4n) is 2.45. The molecule has 1 aromatic heterocycles. The molecule has 1 fully saturated rings. The van der Waals surface area contributed by atoms with Crippen LogP contribution in [0.15, 0.2) is 6.20 Å². The maximum Gasteiger partial charge on any atom is 0.425 e. The lowest BCUT2D eigenvalue weighted by molar-refractivity contribution is 0.0427. The largest absolute Gasteiger partial charge is 0.478 e. The Hall–Kier alpha value is -2.62. The molecule has 1 aromatic rings. The first-order valence-corrected chi connectivity index (χ1v) is 9.41. The van der Waals surface area contributed by atoms with Gasteiger partial charge in [0, 0.05) is 13.1 Å². The number of methoxy groups -OCH3 is 1. The molecule has 0 unspecified atom stereocenters. The molecule has 0 bridgehead atoms. The highest BCUT2D eigenvalue weighted by atomic mass is 16.6. The van der Waals surface area contributed by atoms with Gasteiger partial charge in [-0.1, -0.05) is 0 Å². The number of aromatic nitrogens is 2. The van der Waals surface area contributed by atoms with Crippen LogP contribution in [0.3, 0.4) is 0 Å². The molecule has 0 aliphatic carbocycles. The van der Waals surface area contributed by atoms with Crippen LogP contribution in [0, 0.1) is 0 Å². The number of hydrogen-bond acceptors (Lipinski definition) is 9. The van der Waals surface area contributed by atoms with E-state index >= 15 is 0 Å². The molecule has 0 atom stereocenters. The van der Waals surface area contributed by atoms with Crippen molar-refractivity contribution >= 4 is 23.8 Å². The van der Waals surface area contributed by atoms with Gasteiger partial charge in [-0.2, -0.15) is 9.88 Å². The number of ether oxygens (including phenoxy) is 4. The first-order chi connectivity index (χ1) is 13.4. The smallest absolute Gasteiger partial charge is 0.425 e. The zero-order valence-corrected chi connectivity index (χ0v) is 18.1. The molecule has 0 radical (unpaired) electrons. The van der Waals surface area contributed by atoms with Gasteiger partial charge in [-0.3, -0.25) is 0 Å². The van der Waals surface area contributed by atoms with Crippen molar-refractivity contribution in [1.82, 2.24) is 9.97 Å². The number of rotatable bonds is 3. The zero-order chi connectivity index (χ0) is 21.8. The third-order valence-corrected chi connectivity index (χ3v) is 3.60. The molecular formula is C19H30N4O6. The third kappa shape index (κ3) is 6.45. The average Bonchev–Trinajstić information content (AvgIpc) is 2.59. The maximum absolute atomic E-state index is 12.8. The molecule has 2 heterocycles. The van der Waals surface area contributed by atoms with Gasteiger partial charge in [0.05, 0.1) is 26.5 Å². The van der Waals surface area contributed by atoms with Crippen LogP contribution in [0.5, 0.6) is 5.88 Å². The molecule has 0 N–H and O–H groups in total. The summed E-state index contributed by atoms with van der Waals surface area (Å²) in [5, 5.41) is 0. The molecule has 0 saturated carbocycles. The van der Waals surface area contributed by atoms with Gasteiger partial charge < -0.3 is 23.8 Å². The number of morpholine rings is 1. The van der Waals surface area contributed by atoms with Gasteiger partial charge in [-0.15, -0.1) is 0 Å². The van der Waals surface area contributed by atoms with Crippen molar-refractivity contribution in [2.75, 3.05) is 43.2 Å². The quantitative estimate of drug-likeness (QED) is 0.744. The Morgan fingerprint density at radius 2 is 1.55 bits per heavy atom. The second kappa shape index (κ2) is 8.81. The second-order valence-electron chi connectivity index (χ2n) is 8.46. The molecule has 1 saturated heterocycles. The van der Waals surface area contributed by atoms with Gasteiger partial charge in [0.2, 0.25) is 5.82 Å². The number of nitrogens with zero attached hydrogens (tertiary/aromatic N) is 4. The monoisotopic (exact) mass is 410 g/mol. The van der Waals surface area contributed by atoms with Crippen molar-refractivity contribution in [1.29, 1.82) is 0 Å². The summed E-state index contributed by atoms with van der Waals surface area (Å²) in [6.45, 7) is 12.6. The Morgan fingerprint density at radius 1 is 1.03 bits per heavy atom. The highest BCUT2D eigenvalue weighted by Gasteiger charge is 2.36. The highest BCUT2D eigenvalue weighted by molar-refractivity contribution is 6.09. The minimum absolute atomic E-state index is 0.00529. The fraction of sp³-hybridized carbons (Fsp3) is 0.684. The summed E-state index contributed by atoms with van der Waals surface area (Å²) in [6.07, 6.45) is -0.387. The number of carbonyl (C=O) groups excluding carboxylic acids is 2. The van der Waals surface area contributed by atoms with E-state index in [9.17, 15) is 9.59 Å². The predicted molar refractivity (Wildman–Crippen MR) is 107 cm³/mol. The highest BCUT2D eigenvalue weighted by Crippen LogP contribution is 2.29. The number of carbonyl (C=O) groups is 2. The van der Waals surface area contributed by atoms with Crippen LogP contribution in [0.25, 0.3) is 0 Å². The van der Waals surface area contributed by atoms with Crippen LogP contribution in [-0.2, 0) is 14.2 Å². The summed E-state index contributed by atoms with van der Waals surface area (Å²) in [5.74, 6) is 0.459. The molecule has 2 rings (SSSR count). The Bertz CT molecular complexity index is 707. The molecular weight excluding hydrogens is 380 g/mol. The Labute approximate surface area is 171 Å². The number of imide groups is 1. The first-order valence-electron chi connectivity index (χ1n) is 9.41. The van der Waals surface area contributed by atoms with E-state index in [0.717, 1.165) is 0 Å². The SMILES string of the molecule is COc1nc(N2CCOCC2)cnc1N(C(=O)OC(C)(C)C)C(=O)OC(C)(C)C. The molecule has 10 nitrogen and oxygen atoms in total. The summed E-state index contributed by atoms with van der Waals surface area (Å²) < 4.78 is 21.4. The number of anilines is 2. The lowest BCUT2D eigenvalue weighted by Crippen LogP contribution is -2.44. The molecule has 1 aliphatic rings. The van der Waals surface area contributed by atoms with E-state index in [4.69, 9.17) is 18.9 Å². The molecule has 10 heteroatoms. The van der Waals surface area contributed by atoms with Crippen molar-refractivity contribution in [2.45, 2.75) is 52.7 Å². The van der Waals surface area contributed by atoms with Crippen molar-refractivity contribution in [3.8, 4) is 5.88 Å². The third-order valence-electron chi connectivity index (χ3n) is 3.60. The first kappa shape index (κ1) is 22.7. The average molecular weight is 410 g/mol. The minimum atomic E-state index is -0.932. The van der Waals surface area contributed by atoms with Crippen LogP contribution in [-0.4, -0.2) is 66.8 Å². The molecule has 1 aliphatic heterocycles. The molecule has 0 aromatic carbocycles. The van der Waals surface area contributed by atoms with E-state index in [1.165, 1.54) is 13.3 Å². The van der Waals surface area contributed by atoms with E-state index in [-0.39, 0.29) is 11.7 Å². The molecule has 2 amide bonds. The zero-order valence-electron chi connectivity index (χ0n) is 18.1. The van der Waals surface area contributed by atoms with E-state index in [2.05, 4.69) is 9.97 Å². The Kier molecular flexibility index (Phi) is 6.89. The second-order valence-corrected chi connectivity index (χ2v) is 8.46. The number of hydrogen-bond donors (Lipinski definition) is 0. The lowest BCUT2D eigenvalue weighted by atomic mass is 10.2. The summed E-state index contributed by atoms with van der Waals surface area (Å²) >= 11 is 0. The van der Waals surface area contributed by atoms with E-state index in [1.54, 1.807) is 41.5 Å². The normalized spacial score (nSPS) is 14.9. The van der Waals surface area contributed by atoms with Crippen molar-refractivity contribution < 1.29 is 28.5 Å². The van der Waals surface area contributed by atoms with Crippen molar-refractivity contribution in [2.24, 2.45) is 0 Å². The van der Waals surface area contributed by atoms with Gasteiger partial charge in [-0.25, -0.2) is 14.6 Å². The Morgan fingerprint density at radius 3 is 2.00 bits per heavy atom. The maximum atomic E-state index is 12.8. The Balaban J connectivity index is 2.42. The van der Waals surface area contributed by atoms with Crippen molar-refractivity contribution in [3.63, 3.8) is 0 Å². The van der Waals surface area contributed by atoms with Crippen LogP contribution in [0.4, 0.5) is 21.2 Å². The van der Waals surface area contributed by atoms with Crippen LogP contribution < -0.4 is 14.5 Å². The predicted octanol–water partition coefficient (Wildman–Crippen LogP) is 3.00. The summed E-state index contributed by atoms with van der Waals surface area (Å²) in [7, 11) is 1.39. The van der Waals surface area contributed by atoms with Gasteiger partial charge in [0.25, 0.3) is 5.88 Å². The van der Waals surface area contributed by atoms with Gasteiger partial charge in [-0.05, 0) is 41.5 Å². The van der Waals surface area contributed by atoms with E-state index < -0.39 is 23.4 Å². The summed E-state index contributed by atoms with van der Waals surface area (Å²) in [6, 6.07) is 0. The van der Waals surface area contributed by atoms with Crippen molar-refractivity contribution in [3.05, 3.63) is 6.20 Å². The summed E-state index contributed by atoms with van der Waals surface area (Å²) in [4.78, 5) is 37.0. The molecule has 29 heavy (non-hydrogen) atoms. The lowest BCUT2D eigenvalue weighted by Gasteiger charge is -2.30. The molecule has 162 valence electrons. The standard InChI is InChI=1S/C19H30N4O6/c1-18(2,3)28-16(24)23(17(25)29-19(4,5)6)14-15(26-7)21-13(12-20-14)22-8-10-27-11-9-22/h12H,8-11H2,1-7H3. The van der Waals surface area contributed by atoms with E-state index in [0.29, 0.717) is 37.0 Å². The topological polar surface area (TPSA) is 103 Å². The van der Waals surface area contributed by atoms with Gasteiger partial charge >= 0.3 is 12.2 Å². The van der Waals surface area contributed by atoms with Crippen LogP contribution in [0.2, 0.25) is 0 Å². The number of amides is 2. The van der Waals surface area contributed by atoms with Gasteiger partial charge in [0.1, 0.15) is 11.2 Å². The molecule has 0 spiro atoms. The van der Waals surface area contributed by atoms with Crippen LogP contribution in [0.1, 0.15) is 41.5 Å².